The Bertz CT molecular complexity index is 988. The summed E-state index contributed by atoms with van der Waals surface area (Å²) in [6, 6.07) is 5.68. The zero-order valence-corrected chi connectivity index (χ0v) is 24.0. The van der Waals surface area contributed by atoms with Crippen LogP contribution in [0.1, 0.15) is 83.3 Å². The van der Waals surface area contributed by atoms with E-state index in [1.807, 2.05) is 25.1 Å². The fourth-order valence-corrected chi connectivity index (χ4v) is 4.87. The molecule has 1 N–H and O–H groups in total. The fourth-order valence-electron chi connectivity index (χ4n) is 4.87. The van der Waals surface area contributed by atoms with Crippen molar-refractivity contribution in [1.82, 2.24) is 0 Å². The summed E-state index contributed by atoms with van der Waals surface area (Å²) in [6.07, 6.45) is 10.2. The number of benzene rings is 1. The summed E-state index contributed by atoms with van der Waals surface area (Å²) in [5, 5.41) is 9.11. The van der Waals surface area contributed by atoms with E-state index in [1.165, 1.54) is 25.7 Å². The van der Waals surface area contributed by atoms with E-state index in [9.17, 15) is 14.4 Å². The number of carbonyl (C=O) groups is 3. The quantitative estimate of drug-likeness (QED) is 0.120. The Kier molecular flexibility index (Phi) is 14.0. The Balaban J connectivity index is 2.01. The molecule has 0 saturated heterocycles. The minimum absolute atomic E-state index is 0.0133. The van der Waals surface area contributed by atoms with Crippen LogP contribution < -0.4 is 4.74 Å². The number of aryl methyl sites for hydroxylation is 1. The van der Waals surface area contributed by atoms with Gasteiger partial charge in [-0.25, -0.2) is 9.59 Å². The van der Waals surface area contributed by atoms with Crippen molar-refractivity contribution in [2.75, 3.05) is 19.8 Å². The molecule has 1 saturated carbocycles. The predicted octanol–water partition coefficient (Wildman–Crippen LogP) is 5.91. The van der Waals surface area contributed by atoms with Crippen LogP contribution in [0.15, 0.2) is 42.5 Å². The smallest absolute Gasteiger partial charge is 0.335 e. The molecule has 0 radical (unpaired) electrons. The number of hydrogen-bond donors (Lipinski definition) is 1. The van der Waals surface area contributed by atoms with E-state index in [-0.39, 0.29) is 42.2 Å². The van der Waals surface area contributed by atoms with E-state index in [2.05, 4.69) is 20.1 Å². The summed E-state index contributed by atoms with van der Waals surface area (Å²) in [7, 11) is 0. The van der Waals surface area contributed by atoms with Crippen molar-refractivity contribution in [3.63, 3.8) is 0 Å². The molecule has 7 nitrogen and oxygen atoms in total. The van der Waals surface area contributed by atoms with Crippen LogP contribution in [0.2, 0.25) is 0 Å². The Hall–Kier alpha value is -2.93. The van der Waals surface area contributed by atoms with Gasteiger partial charge in [0.05, 0.1) is 31.3 Å². The number of unbranched alkanes of at least 4 members (excludes halogenated alkanes) is 2. The summed E-state index contributed by atoms with van der Waals surface area (Å²) < 4.78 is 16.5. The van der Waals surface area contributed by atoms with Gasteiger partial charge in [0.2, 0.25) is 0 Å². The Morgan fingerprint density at radius 2 is 1.67 bits per heavy atom. The molecular formula is C32H46O7. The number of aliphatic hydroxyl groups excluding tert-OH is 1. The molecule has 1 aliphatic rings. The molecule has 1 aromatic carbocycles. The van der Waals surface area contributed by atoms with Crippen molar-refractivity contribution in [3.05, 3.63) is 53.6 Å². The molecule has 0 heterocycles. The van der Waals surface area contributed by atoms with Gasteiger partial charge in [-0.05, 0) is 68.6 Å². The summed E-state index contributed by atoms with van der Waals surface area (Å²) in [5.74, 6) is -0.424. The molecule has 0 spiro atoms. The lowest BCUT2D eigenvalue weighted by atomic mass is 9.80. The topological polar surface area (TPSA) is 99.1 Å². The van der Waals surface area contributed by atoms with Crippen LogP contribution >= 0.6 is 0 Å². The third-order valence-corrected chi connectivity index (χ3v) is 7.36. The second-order valence-electron chi connectivity index (χ2n) is 10.7. The molecule has 1 aliphatic carbocycles. The van der Waals surface area contributed by atoms with Gasteiger partial charge >= 0.3 is 17.9 Å². The highest BCUT2D eigenvalue weighted by Gasteiger charge is 2.28. The van der Waals surface area contributed by atoms with Crippen molar-refractivity contribution in [3.8, 4) is 5.75 Å². The van der Waals surface area contributed by atoms with Crippen molar-refractivity contribution in [2.45, 2.75) is 85.0 Å². The molecule has 0 bridgehead atoms. The molecule has 1 unspecified atom stereocenters. The number of ether oxygens (including phenoxy) is 3. The molecule has 1 aromatic rings. The first-order chi connectivity index (χ1) is 18.7. The highest BCUT2D eigenvalue weighted by molar-refractivity contribution is 5.88. The second kappa shape index (κ2) is 16.9. The van der Waals surface area contributed by atoms with E-state index in [4.69, 9.17) is 19.3 Å². The van der Waals surface area contributed by atoms with Gasteiger partial charge < -0.3 is 19.3 Å². The van der Waals surface area contributed by atoms with Gasteiger partial charge in [-0.3, -0.25) is 4.79 Å². The van der Waals surface area contributed by atoms with Crippen molar-refractivity contribution < 1.29 is 33.7 Å². The van der Waals surface area contributed by atoms with Gasteiger partial charge in [0, 0.05) is 11.5 Å². The van der Waals surface area contributed by atoms with Crippen molar-refractivity contribution in [2.24, 2.45) is 17.8 Å². The van der Waals surface area contributed by atoms with Crippen LogP contribution in [-0.2, 0) is 36.7 Å². The average Bonchev–Trinajstić information content (AvgIpc) is 2.94. The number of esters is 3. The average molecular weight is 543 g/mol. The minimum atomic E-state index is -0.694. The SMILES string of the molecule is C=C(C)C(=O)OCC(COC(=O)C(=C)CO)Cc1ccc(OC(=O)C2CCC(CCCCC)CC2)c(CC)c1. The van der Waals surface area contributed by atoms with Crippen LogP contribution in [-0.4, -0.2) is 42.8 Å². The number of rotatable bonds is 16. The Labute approximate surface area is 233 Å². The molecule has 0 aromatic heterocycles. The third-order valence-electron chi connectivity index (χ3n) is 7.36. The Morgan fingerprint density at radius 3 is 2.26 bits per heavy atom. The summed E-state index contributed by atoms with van der Waals surface area (Å²) in [4.78, 5) is 36.8. The van der Waals surface area contributed by atoms with Gasteiger partial charge in [0.25, 0.3) is 0 Å². The maximum absolute atomic E-state index is 12.9. The third kappa shape index (κ3) is 11.0. The van der Waals surface area contributed by atoms with Crippen molar-refractivity contribution in [1.29, 1.82) is 0 Å². The molecule has 39 heavy (non-hydrogen) atoms. The van der Waals surface area contributed by atoms with Gasteiger partial charge in [0.15, 0.2) is 0 Å². The molecule has 7 heteroatoms. The van der Waals surface area contributed by atoms with E-state index in [0.717, 1.165) is 42.7 Å². The summed E-state index contributed by atoms with van der Waals surface area (Å²) in [6.45, 7) is 12.4. The minimum Gasteiger partial charge on any atom is -0.462 e. The first kappa shape index (κ1) is 32.3. The first-order valence-corrected chi connectivity index (χ1v) is 14.3. The fraction of sp³-hybridized carbons (Fsp3) is 0.594. The lowest BCUT2D eigenvalue weighted by Crippen LogP contribution is -2.26. The normalized spacial score (nSPS) is 17.6. The molecule has 216 valence electrons. The van der Waals surface area contributed by atoms with Crippen LogP contribution in [0.5, 0.6) is 5.75 Å². The molecule has 1 fully saturated rings. The van der Waals surface area contributed by atoms with E-state index in [1.54, 1.807) is 6.92 Å². The number of aliphatic hydroxyl groups is 1. The first-order valence-electron chi connectivity index (χ1n) is 14.3. The maximum atomic E-state index is 12.9. The van der Waals surface area contributed by atoms with E-state index >= 15 is 0 Å². The highest BCUT2D eigenvalue weighted by Crippen LogP contribution is 2.33. The number of hydrogen-bond acceptors (Lipinski definition) is 7. The summed E-state index contributed by atoms with van der Waals surface area (Å²) in [5.41, 5.74) is 2.09. The maximum Gasteiger partial charge on any atom is 0.335 e. The van der Waals surface area contributed by atoms with Gasteiger partial charge in [0.1, 0.15) is 5.75 Å². The zero-order chi connectivity index (χ0) is 28.8. The molecular weight excluding hydrogens is 496 g/mol. The van der Waals surface area contributed by atoms with E-state index < -0.39 is 18.5 Å². The molecule has 1 atom stereocenters. The van der Waals surface area contributed by atoms with Gasteiger partial charge in [-0.15, -0.1) is 0 Å². The zero-order valence-electron chi connectivity index (χ0n) is 24.0. The van der Waals surface area contributed by atoms with Crippen LogP contribution in [0, 0.1) is 17.8 Å². The van der Waals surface area contributed by atoms with E-state index in [0.29, 0.717) is 18.6 Å². The second-order valence-corrected chi connectivity index (χ2v) is 10.7. The largest absolute Gasteiger partial charge is 0.462 e. The van der Waals surface area contributed by atoms with Gasteiger partial charge in [-0.2, -0.15) is 0 Å². The molecule has 2 rings (SSSR count). The Morgan fingerprint density at radius 1 is 1.00 bits per heavy atom. The van der Waals surface area contributed by atoms with Crippen LogP contribution in [0.3, 0.4) is 0 Å². The predicted molar refractivity (Wildman–Crippen MR) is 151 cm³/mol. The standard InChI is InChI=1S/C32H46O7/c1-6-8-9-10-24-11-14-28(15-12-24)32(36)39-29-16-13-25(18-27(29)7-2)17-26(20-37-30(34)22(3)4)21-38-31(35)23(5)19-33/h13,16,18,24,26,28,33H,3,5-12,14-15,17,19-21H2,1-2,4H3. The van der Waals surface area contributed by atoms with Crippen molar-refractivity contribution >= 4 is 17.9 Å². The molecule has 0 aliphatic heterocycles. The highest BCUT2D eigenvalue weighted by atomic mass is 16.5. The molecule has 0 amide bonds. The number of carbonyl (C=O) groups excluding carboxylic acids is 3. The summed E-state index contributed by atoms with van der Waals surface area (Å²) >= 11 is 0. The van der Waals surface area contributed by atoms with Crippen LogP contribution in [0.4, 0.5) is 0 Å². The van der Waals surface area contributed by atoms with Crippen LogP contribution in [0.25, 0.3) is 0 Å². The lowest BCUT2D eigenvalue weighted by Gasteiger charge is -2.27. The lowest BCUT2D eigenvalue weighted by molar-refractivity contribution is -0.144. The van der Waals surface area contributed by atoms with Gasteiger partial charge in [-0.1, -0.05) is 64.8 Å². The monoisotopic (exact) mass is 542 g/mol.